The average molecular weight is 222 g/mol. The molecule has 3 heteroatoms. The highest BCUT2D eigenvalue weighted by molar-refractivity contribution is 5.79. The molecular formula is C13H22N2O. The zero-order valence-corrected chi connectivity index (χ0v) is 10.0. The van der Waals surface area contributed by atoms with E-state index in [9.17, 15) is 4.79 Å². The Bertz CT molecular complexity index is 275. The number of hydrogen-bond acceptors (Lipinski definition) is 2. The molecule has 0 aromatic rings. The highest BCUT2D eigenvalue weighted by atomic mass is 16.1. The van der Waals surface area contributed by atoms with E-state index >= 15 is 0 Å². The van der Waals surface area contributed by atoms with Crippen LogP contribution in [0.25, 0.3) is 0 Å². The Labute approximate surface area is 97.7 Å². The topological polar surface area (TPSA) is 41.1 Å². The quantitative estimate of drug-likeness (QED) is 0.697. The van der Waals surface area contributed by atoms with Gasteiger partial charge in [-0.2, -0.15) is 0 Å². The van der Waals surface area contributed by atoms with Gasteiger partial charge >= 0.3 is 0 Å². The first-order chi connectivity index (χ1) is 7.75. The molecule has 0 aromatic carbocycles. The number of amides is 1. The van der Waals surface area contributed by atoms with E-state index in [1.54, 1.807) is 0 Å². The van der Waals surface area contributed by atoms with Gasteiger partial charge in [-0.15, -0.1) is 0 Å². The summed E-state index contributed by atoms with van der Waals surface area (Å²) in [5.74, 6) is 0.496. The third-order valence-electron chi connectivity index (χ3n) is 3.61. The average Bonchev–Trinajstić information content (AvgIpc) is 2.30. The van der Waals surface area contributed by atoms with Crippen LogP contribution in [0.5, 0.6) is 0 Å². The minimum atomic E-state index is 0.224. The molecule has 0 radical (unpaired) electrons. The molecule has 16 heavy (non-hydrogen) atoms. The van der Waals surface area contributed by atoms with Crippen molar-refractivity contribution in [2.75, 3.05) is 6.54 Å². The maximum Gasteiger partial charge on any atom is 0.223 e. The summed E-state index contributed by atoms with van der Waals surface area (Å²) in [4.78, 5) is 12.0. The largest absolute Gasteiger partial charge is 0.353 e. The van der Waals surface area contributed by atoms with E-state index in [0.717, 1.165) is 38.6 Å². The van der Waals surface area contributed by atoms with Crippen LogP contribution >= 0.6 is 0 Å². The zero-order chi connectivity index (χ0) is 11.4. The van der Waals surface area contributed by atoms with Crippen LogP contribution in [0.3, 0.4) is 0 Å². The van der Waals surface area contributed by atoms with Crippen molar-refractivity contribution in [3.05, 3.63) is 12.2 Å². The molecule has 3 unspecified atom stereocenters. The molecule has 1 amide bonds. The second-order valence-corrected chi connectivity index (χ2v) is 5.07. The van der Waals surface area contributed by atoms with Crippen LogP contribution in [-0.4, -0.2) is 24.5 Å². The van der Waals surface area contributed by atoms with Crippen molar-refractivity contribution in [2.45, 2.75) is 51.1 Å². The number of hydrogen-bond donors (Lipinski definition) is 2. The standard InChI is InChI=1S/C13H22N2O/c1-10-9-11(7-8-14-10)13(16)15-12-5-3-2-4-6-12/h2-3,10-12,14H,4-9H2,1H3,(H,15,16). The summed E-state index contributed by atoms with van der Waals surface area (Å²) >= 11 is 0. The summed E-state index contributed by atoms with van der Waals surface area (Å²) in [5, 5.41) is 6.57. The number of carbonyl (C=O) groups excluding carboxylic acids is 1. The molecule has 3 nitrogen and oxygen atoms in total. The molecule has 2 rings (SSSR count). The van der Waals surface area contributed by atoms with E-state index in [0.29, 0.717) is 12.1 Å². The Morgan fingerprint density at radius 3 is 2.94 bits per heavy atom. The van der Waals surface area contributed by atoms with Gasteiger partial charge in [0.15, 0.2) is 0 Å². The van der Waals surface area contributed by atoms with E-state index in [4.69, 9.17) is 0 Å². The van der Waals surface area contributed by atoms with Crippen LogP contribution < -0.4 is 10.6 Å². The Kier molecular flexibility index (Phi) is 3.99. The van der Waals surface area contributed by atoms with E-state index in [1.807, 2.05) is 0 Å². The van der Waals surface area contributed by atoms with Crippen molar-refractivity contribution >= 4 is 5.91 Å². The van der Waals surface area contributed by atoms with Crippen molar-refractivity contribution in [2.24, 2.45) is 5.92 Å². The van der Waals surface area contributed by atoms with Crippen LogP contribution in [0.15, 0.2) is 12.2 Å². The zero-order valence-electron chi connectivity index (χ0n) is 10.0. The summed E-state index contributed by atoms with van der Waals surface area (Å²) in [7, 11) is 0. The van der Waals surface area contributed by atoms with Crippen LogP contribution in [0.1, 0.15) is 39.0 Å². The third kappa shape index (κ3) is 3.08. The summed E-state index contributed by atoms with van der Waals surface area (Å²) < 4.78 is 0. The van der Waals surface area contributed by atoms with Gasteiger partial charge in [0, 0.05) is 18.0 Å². The van der Waals surface area contributed by atoms with Gasteiger partial charge in [0.1, 0.15) is 0 Å². The molecule has 1 aliphatic carbocycles. The highest BCUT2D eigenvalue weighted by Gasteiger charge is 2.26. The first-order valence-electron chi connectivity index (χ1n) is 6.44. The molecule has 2 N–H and O–H groups in total. The molecule has 1 heterocycles. The van der Waals surface area contributed by atoms with E-state index in [-0.39, 0.29) is 11.8 Å². The summed E-state index contributed by atoms with van der Waals surface area (Å²) in [6.07, 6.45) is 9.56. The number of allylic oxidation sites excluding steroid dienone is 1. The molecule has 1 aliphatic heterocycles. The molecule has 0 spiro atoms. The molecule has 90 valence electrons. The lowest BCUT2D eigenvalue weighted by atomic mass is 9.91. The first kappa shape index (κ1) is 11.6. The fraction of sp³-hybridized carbons (Fsp3) is 0.769. The van der Waals surface area contributed by atoms with Gasteiger partial charge in [0.05, 0.1) is 0 Å². The SMILES string of the molecule is CC1CC(C(=O)NC2CC=CCC2)CCN1. The van der Waals surface area contributed by atoms with Gasteiger partial charge in [0.25, 0.3) is 0 Å². The monoisotopic (exact) mass is 222 g/mol. The van der Waals surface area contributed by atoms with Crippen molar-refractivity contribution in [3.8, 4) is 0 Å². The van der Waals surface area contributed by atoms with Gasteiger partial charge in [-0.1, -0.05) is 12.2 Å². The second kappa shape index (κ2) is 5.48. The van der Waals surface area contributed by atoms with Gasteiger partial charge < -0.3 is 10.6 Å². The fourth-order valence-electron chi connectivity index (χ4n) is 2.61. The fourth-order valence-corrected chi connectivity index (χ4v) is 2.61. The molecule has 0 saturated carbocycles. The molecule has 0 bridgehead atoms. The maximum absolute atomic E-state index is 12.0. The van der Waals surface area contributed by atoms with Crippen LogP contribution in [0.4, 0.5) is 0 Å². The lowest BCUT2D eigenvalue weighted by Crippen LogP contribution is -2.45. The van der Waals surface area contributed by atoms with Gasteiger partial charge in [0.2, 0.25) is 5.91 Å². The van der Waals surface area contributed by atoms with Crippen molar-refractivity contribution in [1.29, 1.82) is 0 Å². The first-order valence-corrected chi connectivity index (χ1v) is 6.44. The summed E-state index contributed by atoms with van der Waals surface area (Å²) in [5.41, 5.74) is 0. The van der Waals surface area contributed by atoms with Crippen molar-refractivity contribution in [1.82, 2.24) is 10.6 Å². The van der Waals surface area contributed by atoms with E-state index in [2.05, 4.69) is 29.7 Å². The normalized spacial score (nSPS) is 34.7. The molecule has 0 aromatic heterocycles. The molecule has 1 saturated heterocycles. The Hall–Kier alpha value is -0.830. The predicted molar refractivity (Wildman–Crippen MR) is 65.1 cm³/mol. The smallest absolute Gasteiger partial charge is 0.223 e. The molecule has 3 atom stereocenters. The minimum Gasteiger partial charge on any atom is -0.353 e. The Balaban J connectivity index is 1.80. The number of nitrogens with one attached hydrogen (secondary N) is 2. The van der Waals surface area contributed by atoms with Gasteiger partial charge in [-0.05, 0) is 45.6 Å². The van der Waals surface area contributed by atoms with Crippen LogP contribution in [0.2, 0.25) is 0 Å². The van der Waals surface area contributed by atoms with Gasteiger partial charge in [-0.3, -0.25) is 4.79 Å². The summed E-state index contributed by atoms with van der Waals surface area (Å²) in [6, 6.07) is 0.860. The molecule has 1 fully saturated rings. The maximum atomic E-state index is 12.0. The predicted octanol–water partition coefficient (Wildman–Crippen LogP) is 1.60. The number of piperidine rings is 1. The van der Waals surface area contributed by atoms with Crippen LogP contribution in [-0.2, 0) is 4.79 Å². The highest BCUT2D eigenvalue weighted by Crippen LogP contribution is 2.18. The number of carbonyl (C=O) groups is 1. The van der Waals surface area contributed by atoms with E-state index < -0.39 is 0 Å². The Morgan fingerprint density at radius 1 is 1.38 bits per heavy atom. The second-order valence-electron chi connectivity index (χ2n) is 5.07. The summed E-state index contributed by atoms with van der Waals surface area (Å²) in [6.45, 7) is 3.13. The van der Waals surface area contributed by atoms with Crippen LogP contribution in [0, 0.1) is 5.92 Å². The lowest BCUT2D eigenvalue weighted by Gasteiger charge is -2.29. The van der Waals surface area contributed by atoms with Crippen molar-refractivity contribution < 1.29 is 4.79 Å². The molecular weight excluding hydrogens is 200 g/mol. The number of rotatable bonds is 2. The molecule has 2 aliphatic rings. The van der Waals surface area contributed by atoms with E-state index in [1.165, 1.54) is 0 Å². The van der Waals surface area contributed by atoms with Crippen molar-refractivity contribution in [3.63, 3.8) is 0 Å². The Morgan fingerprint density at radius 2 is 2.25 bits per heavy atom. The third-order valence-corrected chi connectivity index (χ3v) is 3.61. The van der Waals surface area contributed by atoms with Gasteiger partial charge in [-0.25, -0.2) is 0 Å². The lowest BCUT2D eigenvalue weighted by molar-refractivity contribution is -0.126. The minimum absolute atomic E-state index is 0.224.